The molecular formula is C74H129NO8P+. The zero-order valence-electron chi connectivity index (χ0n) is 54.9. The van der Waals surface area contributed by atoms with E-state index in [9.17, 15) is 19.0 Å². The van der Waals surface area contributed by atoms with Crippen LogP contribution in [0.3, 0.4) is 0 Å². The van der Waals surface area contributed by atoms with E-state index in [0.717, 1.165) is 109 Å². The summed E-state index contributed by atoms with van der Waals surface area (Å²) in [5.41, 5.74) is 0. The summed E-state index contributed by atoms with van der Waals surface area (Å²) in [6, 6.07) is 0. The van der Waals surface area contributed by atoms with Crippen molar-refractivity contribution in [3.8, 4) is 0 Å². The van der Waals surface area contributed by atoms with Gasteiger partial charge in [0.2, 0.25) is 0 Å². The molecule has 0 saturated carbocycles. The number of esters is 2. The van der Waals surface area contributed by atoms with Crippen LogP contribution in [0.15, 0.2) is 122 Å². The lowest BCUT2D eigenvalue weighted by Crippen LogP contribution is -2.37. The van der Waals surface area contributed by atoms with E-state index >= 15 is 0 Å². The topological polar surface area (TPSA) is 108 Å². The van der Waals surface area contributed by atoms with Crippen molar-refractivity contribution in [2.45, 2.75) is 290 Å². The van der Waals surface area contributed by atoms with Crippen molar-refractivity contribution in [1.29, 1.82) is 0 Å². The summed E-state index contributed by atoms with van der Waals surface area (Å²) >= 11 is 0. The van der Waals surface area contributed by atoms with E-state index in [4.69, 9.17) is 18.5 Å². The summed E-state index contributed by atoms with van der Waals surface area (Å²) < 4.78 is 34.7. The summed E-state index contributed by atoms with van der Waals surface area (Å²) in [5, 5.41) is 0. The molecular weight excluding hydrogens is 1060 g/mol. The van der Waals surface area contributed by atoms with Crippen LogP contribution in [0.4, 0.5) is 0 Å². The minimum atomic E-state index is -4.40. The van der Waals surface area contributed by atoms with Gasteiger partial charge >= 0.3 is 19.8 Å². The highest BCUT2D eigenvalue weighted by molar-refractivity contribution is 7.47. The molecule has 10 heteroatoms. The molecule has 84 heavy (non-hydrogen) atoms. The summed E-state index contributed by atoms with van der Waals surface area (Å²) in [7, 11) is 1.45. The molecule has 0 spiro atoms. The Kier molecular flexibility index (Phi) is 61.2. The van der Waals surface area contributed by atoms with E-state index in [2.05, 4.69) is 135 Å². The number of unbranched alkanes of at least 4 members (excludes halogenated alkanes) is 28. The van der Waals surface area contributed by atoms with Gasteiger partial charge in [-0.1, -0.05) is 283 Å². The lowest BCUT2D eigenvalue weighted by molar-refractivity contribution is -0.870. The third-order valence-corrected chi connectivity index (χ3v) is 15.5. The molecule has 0 amide bonds. The summed E-state index contributed by atoms with van der Waals surface area (Å²) in [6.07, 6.45) is 91.5. The van der Waals surface area contributed by atoms with Gasteiger partial charge in [0, 0.05) is 12.8 Å². The first kappa shape index (κ1) is 80.4. The van der Waals surface area contributed by atoms with E-state index in [1.165, 1.54) is 141 Å². The van der Waals surface area contributed by atoms with E-state index in [0.29, 0.717) is 17.4 Å². The summed E-state index contributed by atoms with van der Waals surface area (Å²) in [4.78, 5) is 35.9. The number of rotatable bonds is 62. The Hall–Kier alpha value is -3.59. The van der Waals surface area contributed by atoms with Crippen LogP contribution in [0.2, 0.25) is 0 Å². The Balaban J connectivity index is 4.16. The number of allylic oxidation sites excluding steroid dienone is 20. The molecule has 0 aromatic rings. The Morgan fingerprint density at radius 2 is 0.679 bits per heavy atom. The molecule has 0 heterocycles. The van der Waals surface area contributed by atoms with Gasteiger partial charge in [0.1, 0.15) is 19.8 Å². The van der Waals surface area contributed by atoms with Gasteiger partial charge < -0.3 is 18.9 Å². The van der Waals surface area contributed by atoms with Gasteiger partial charge in [-0.05, 0) is 109 Å². The predicted molar refractivity (Wildman–Crippen MR) is 362 cm³/mol. The Labute approximate surface area is 518 Å². The monoisotopic (exact) mass is 1190 g/mol. The number of carbonyl (C=O) groups excluding carboxylic acids is 2. The molecule has 0 aliphatic heterocycles. The fourth-order valence-corrected chi connectivity index (χ4v) is 9.98. The summed E-state index contributed by atoms with van der Waals surface area (Å²) in [5.74, 6) is -0.819. The fourth-order valence-electron chi connectivity index (χ4n) is 9.24. The normalized spacial score (nSPS) is 13.9. The maximum atomic E-state index is 12.9. The second-order valence-electron chi connectivity index (χ2n) is 23.8. The molecule has 0 saturated heterocycles. The molecule has 0 rings (SSSR count). The van der Waals surface area contributed by atoms with Crippen LogP contribution >= 0.6 is 7.82 Å². The van der Waals surface area contributed by atoms with Crippen LogP contribution in [-0.2, 0) is 32.7 Å². The Bertz CT molecular complexity index is 1830. The van der Waals surface area contributed by atoms with Crippen LogP contribution in [0.5, 0.6) is 0 Å². The van der Waals surface area contributed by atoms with Gasteiger partial charge in [-0.25, -0.2) is 4.57 Å². The van der Waals surface area contributed by atoms with Crippen molar-refractivity contribution in [1.82, 2.24) is 0 Å². The molecule has 0 aromatic carbocycles. The van der Waals surface area contributed by atoms with Gasteiger partial charge in [-0.15, -0.1) is 0 Å². The van der Waals surface area contributed by atoms with Gasteiger partial charge in [0.05, 0.1) is 27.7 Å². The van der Waals surface area contributed by atoms with Crippen LogP contribution < -0.4 is 0 Å². The first-order valence-corrected chi connectivity index (χ1v) is 35.8. The van der Waals surface area contributed by atoms with Gasteiger partial charge in [0.15, 0.2) is 6.10 Å². The van der Waals surface area contributed by atoms with E-state index in [-0.39, 0.29) is 32.0 Å². The molecule has 0 aliphatic rings. The summed E-state index contributed by atoms with van der Waals surface area (Å²) in [6.45, 7) is 4.31. The molecule has 2 unspecified atom stereocenters. The number of carbonyl (C=O) groups is 2. The van der Waals surface area contributed by atoms with Crippen molar-refractivity contribution < 1.29 is 42.1 Å². The Morgan fingerprint density at radius 1 is 0.381 bits per heavy atom. The molecule has 1 N–H and O–H groups in total. The molecule has 2 atom stereocenters. The van der Waals surface area contributed by atoms with Crippen molar-refractivity contribution >= 4 is 19.8 Å². The van der Waals surface area contributed by atoms with Crippen molar-refractivity contribution in [3.63, 3.8) is 0 Å². The number of phosphoric acid groups is 1. The van der Waals surface area contributed by atoms with Crippen LogP contribution in [0, 0.1) is 0 Å². The van der Waals surface area contributed by atoms with Crippen LogP contribution in [0.1, 0.15) is 284 Å². The molecule has 482 valence electrons. The fraction of sp³-hybridized carbons (Fsp3) is 0.703. The van der Waals surface area contributed by atoms with Crippen LogP contribution in [-0.4, -0.2) is 74.9 Å². The number of quaternary nitrogens is 1. The number of likely N-dealkylation sites (N-methyl/N-ethyl adjacent to an activating group) is 1. The SMILES string of the molecule is CC/C=C\C/C=C\C/C=C\C/C=C\C/C=C\C/C=C\C/C=C\C/C=C\C/C=C\CCCCCCCC(=O)OC(COC(=O)CCCCCCCCCCCCCCCCC/C=C\CCCCCCCCCC)COP(=O)(O)OCC[N+](C)(C)C. The van der Waals surface area contributed by atoms with Gasteiger partial charge in [-0.2, -0.15) is 0 Å². The second-order valence-corrected chi connectivity index (χ2v) is 25.3. The third-order valence-electron chi connectivity index (χ3n) is 14.5. The minimum Gasteiger partial charge on any atom is -0.462 e. The number of phosphoric ester groups is 1. The van der Waals surface area contributed by atoms with Crippen molar-refractivity contribution in [3.05, 3.63) is 122 Å². The van der Waals surface area contributed by atoms with Gasteiger partial charge in [0.25, 0.3) is 0 Å². The number of nitrogens with zero attached hydrogens (tertiary/aromatic N) is 1. The molecule has 0 bridgehead atoms. The lowest BCUT2D eigenvalue weighted by Gasteiger charge is -2.24. The maximum absolute atomic E-state index is 12.9. The molecule has 0 aromatic heterocycles. The highest BCUT2D eigenvalue weighted by Gasteiger charge is 2.27. The van der Waals surface area contributed by atoms with Gasteiger partial charge in [-0.3, -0.25) is 18.6 Å². The van der Waals surface area contributed by atoms with Crippen LogP contribution in [0.25, 0.3) is 0 Å². The highest BCUT2D eigenvalue weighted by Crippen LogP contribution is 2.43. The molecule has 9 nitrogen and oxygen atoms in total. The number of hydrogen-bond donors (Lipinski definition) is 1. The average Bonchev–Trinajstić information content (AvgIpc) is 3.61. The quantitative estimate of drug-likeness (QED) is 0.0211. The molecule has 0 aliphatic carbocycles. The zero-order valence-corrected chi connectivity index (χ0v) is 55.7. The van der Waals surface area contributed by atoms with Crippen molar-refractivity contribution in [2.75, 3.05) is 47.5 Å². The number of hydrogen-bond acceptors (Lipinski definition) is 7. The second kappa shape index (κ2) is 63.9. The van der Waals surface area contributed by atoms with E-state index in [1.807, 2.05) is 21.1 Å². The average molecular weight is 1190 g/mol. The lowest BCUT2D eigenvalue weighted by atomic mass is 10.0. The third kappa shape index (κ3) is 67.5. The zero-order chi connectivity index (χ0) is 61.2. The van der Waals surface area contributed by atoms with Crippen molar-refractivity contribution in [2.24, 2.45) is 0 Å². The molecule has 0 fully saturated rings. The first-order valence-electron chi connectivity index (χ1n) is 34.3. The smallest absolute Gasteiger partial charge is 0.462 e. The molecule has 0 radical (unpaired) electrons. The number of ether oxygens (including phenoxy) is 2. The first-order chi connectivity index (χ1) is 41.0. The van der Waals surface area contributed by atoms with E-state index < -0.39 is 26.5 Å². The minimum absolute atomic E-state index is 0.0222. The maximum Gasteiger partial charge on any atom is 0.472 e. The largest absolute Gasteiger partial charge is 0.472 e. The van der Waals surface area contributed by atoms with E-state index in [1.54, 1.807) is 0 Å². The predicted octanol–water partition coefficient (Wildman–Crippen LogP) is 22.3. The Morgan fingerprint density at radius 3 is 1.02 bits per heavy atom. The standard InChI is InChI=1S/C74H128NO8P/c1-6-8-10-12-14-16-18-20-22-24-26-28-30-32-34-35-36-37-38-39-41-43-45-47-49-51-53-55-57-59-61-63-65-67-74(77)83-72(71-82-84(78,79)81-69-68-75(3,4)5)70-80-73(76)66-64-62-60-58-56-54-52-50-48-46-44-42-40-33-31-29-27-25-23-21-19-17-15-13-11-9-7-2/h8,10,14,16,20,22,25-28,32,34,36-37,39,41,45,47,51,53,72H,6-7,9,11-13,15,17-19,21,23-24,29-31,33,35,38,40,42-44,46,48-50,52,54-71H2,1-5H3/p+1/b10-8-,16-14-,22-20-,27-25-,28-26-,34-32-,37-36-,41-39-,47-45-,53-51-. The highest BCUT2D eigenvalue weighted by atomic mass is 31.2.